The number of hydrogen-bond donors (Lipinski definition) is 2. The van der Waals surface area contributed by atoms with Crippen LogP contribution in [0.3, 0.4) is 0 Å². The fourth-order valence-corrected chi connectivity index (χ4v) is 1.79. The van der Waals surface area contributed by atoms with Crippen LogP contribution in [0.15, 0.2) is 0 Å². The van der Waals surface area contributed by atoms with Crippen LogP contribution in [0.1, 0.15) is 17.8 Å². The quantitative estimate of drug-likeness (QED) is 0.699. The molecule has 14 heavy (non-hydrogen) atoms. The Bertz CT molecular complexity index is 338. The van der Waals surface area contributed by atoms with Gasteiger partial charge in [-0.1, -0.05) is 0 Å². The summed E-state index contributed by atoms with van der Waals surface area (Å²) in [5.41, 5.74) is 2.74. The number of nitrogens with one attached hydrogen (secondary N) is 2. The van der Waals surface area contributed by atoms with Crippen LogP contribution in [-0.4, -0.2) is 29.3 Å². The van der Waals surface area contributed by atoms with Crippen molar-refractivity contribution in [3.05, 3.63) is 11.4 Å². The number of H-pyrrole nitrogens is 1. The molecule has 0 atom stereocenters. The highest BCUT2D eigenvalue weighted by Crippen LogP contribution is 2.23. The summed E-state index contributed by atoms with van der Waals surface area (Å²) in [5, 5.41) is 9.78. The second-order valence-electron chi connectivity index (χ2n) is 3.52. The molecular formula is C9H14N4O. The maximum atomic E-state index is 11.6. The Labute approximate surface area is 82.5 Å². The first-order chi connectivity index (χ1) is 6.70. The fourth-order valence-electron chi connectivity index (χ4n) is 1.79. The third-order valence-corrected chi connectivity index (χ3v) is 2.44. The zero-order chi connectivity index (χ0) is 10.1. The van der Waals surface area contributed by atoms with Crippen molar-refractivity contribution in [3.8, 4) is 0 Å². The number of amides is 2. The molecule has 1 aromatic rings. The number of hydrogen-bond acceptors (Lipinski definition) is 2. The molecule has 5 nitrogen and oxygen atoms in total. The molecule has 2 heterocycles. The Balaban J connectivity index is 2.33. The summed E-state index contributed by atoms with van der Waals surface area (Å²) >= 11 is 0. The third-order valence-electron chi connectivity index (χ3n) is 2.44. The van der Waals surface area contributed by atoms with Crippen molar-refractivity contribution in [2.24, 2.45) is 0 Å². The highest BCUT2D eigenvalue weighted by molar-refractivity contribution is 5.93. The van der Waals surface area contributed by atoms with Gasteiger partial charge < -0.3 is 5.32 Å². The Morgan fingerprint density at radius 3 is 2.79 bits per heavy atom. The minimum Gasteiger partial charge on any atom is -0.338 e. The van der Waals surface area contributed by atoms with E-state index in [1.165, 1.54) is 0 Å². The van der Waals surface area contributed by atoms with E-state index >= 15 is 0 Å². The number of aromatic amines is 1. The number of aryl methyl sites for hydroxylation is 2. The largest absolute Gasteiger partial charge is 0.338 e. The average Bonchev–Trinajstić information content (AvgIpc) is 2.48. The molecule has 2 amide bonds. The molecule has 0 spiro atoms. The average molecular weight is 194 g/mol. The van der Waals surface area contributed by atoms with Gasteiger partial charge in [-0.25, -0.2) is 4.79 Å². The molecule has 76 valence electrons. The molecule has 0 radical (unpaired) electrons. The summed E-state index contributed by atoms with van der Waals surface area (Å²) in [6.07, 6.45) is 0.982. The minimum atomic E-state index is -0.0242. The van der Waals surface area contributed by atoms with Gasteiger partial charge in [0, 0.05) is 13.1 Å². The van der Waals surface area contributed by atoms with E-state index in [-0.39, 0.29) is 6.03 Å². The van der Waals surface area contributed by atoms with Crippen LogP contribution in [0.5, 0.6) is 0 Å². The van der Waals surface area contributed by atoms with E-state index in [1.54, 1.807) is 4.90 Å². The van der Waals surface area contributed by atoms with Gasteiger partial charge in [0.15, 0.2) is 0 Å². The fraction of sp³-hybridized carbons (Fsp3) is 0.556. The SMILES string of the molecule is Cc1n[nH]c(C)c1N1CCCNC1=O. The lowest BCUT2D eigenvalue weighted by molar-refractivity contribution is 0.243. The first-order valence-corrected chi connectivity index (χ1v) is 4.77. The number of urea groups is 1. The smallest absolute Gasteiger partial charge is 0.321 e. The summed E-state index contributed by atoms with van der Waals surface area (Å²) in [5.74, 6) is 0. The number of carbonyl (C=O) groups excluding carboxylic acids is 1. The zero-order valence-electron chi connectivity index (χ0n) is 8.42. The monoisotopic (exact) mass is 194 g/mol. The Kier molecular flexibility index (Phi) is 2.15. The van der Waals surface area contributed by atoms with Gasteiger partial charge >= 0.3 is 6.03 Å². The normalized spacial score (nSPS) is 17.0. The Morgan fingerprint density at radius 1 is 1.43 bits per heavy atom. The topological polar surface area (TPSA) is 61.0 Å². The van der Waals surface area contributed by atoms with Crippen LogP contribution in [0, 0.1) is 13.8 Å². The van der Waals surface area contributed by atoms with Gasteiger partial charge in [0.2, 0.25) is 0 Å². The standard InChI is InChI=1S/C9H14N4O/c1-6-8(7(2)12-11-6)13-5-3-4-10-9(13)14/h3-5H2,1-2H3,(H,10,14)(H,11,12). The van der Waals surface area contributed by atoms with E-state index in [0.29, 0.717) is 0 Å². The van der Waals surface area contributed by atoms with Crippen LogP contribution in [0.2, 0.25) is 0 Å². The predicted molar refractivity (Wildman–Crippen MR) is 53.4 cm³/mol. The molecule has 1 aromatic heterocycles. The predicted octanol–water partition coefficient (Wildman–Crippen LogP) is 0.946. The maximum absolute atomic E-state index is 11.6. The van der Waals surface area contributed by atoms with Crippen LogP contribution in [-0.2, 0) is 0 Å². The van der Waals surface area contributed by atoms with E-state index in [0.717, 1.165) is 36.6 Å². The van der Waals surface area contributed by atoms with Crippen molar-refractivity contribution in [2.75, 3.05) is 18.0 Å². The van der Waals surface area contributed by atoms with Crippen LogP contribution >= 0.6 is 0 Å². The Hall–Kier alpha value is -1.52. The molecule has 0 bridgehead atoms. The van der Waals surface area contributed by atoms with Gasteiger partial charge in [-0.15, -0.1) is 0 Å². The highest BCUT2D eigenvalue weighted by atomic mass is 16.2. The first-order valence-electron chi connectivity index (χ1n) is 4.77. The molecule has 0 aromatic carbocycles. The van der Waals surface area contributed by atoms with E-state index in [2.05, 4.69) is 15.5 Å². The van der Waals surface area contributed by atoms with Crippen molar-refractivity contribution < 1.29 is 4.79 Å². The lowest BCUT2D eigenvalue weighted by Gasteiger charge is -2.27. The molecule has 1 saturated heterocycles. The number of nitrogens with zero attached hydrogens (tertiary/aromatic N) is 2. The van der Waals surface area contributed by atoms with Crippen molar-refractivity contribution in [3.63, 3.8) is 0 Å². The summed E-state index contributed by atoms with van der Waals surface area (Å²) in [6.45, 7) is 5.37. The second-order valence-corrected chi connectivity index (χ2v) is 3.52. The lowest BCUT2D eigenvalue weighted by atomic mass is 10.2. The van der Waals surface area contributed by atoms with Crippen LogP contribution in [0.25, 0.3) is 0 Å². The third kappa shape index (κ3) is 1.34. The van der Waals surface area contributed by atoms with Gasteiger partial charge in [-0.2, -0.15) is 5.10 Å². The van der Waals surface area contributed by atoms with Gasteiger partial charge in [0.1, 0.15) is 0 Å². The lowest BCUT2D eigenvalue weighted by Crippen LogP contribution is -2.46. The van der Waals surface area contributed by atoms with Gasteiger partial charge in [0.05, 0.1) is 17.1 Å². The number of anilines is 1. The van der Waals surface area contributed by atoms with E-state index in [9.17, 15) is 4.79 Å². The van der Waals surface area contributed by atoms with Gasteiger partial charge in [-0.3, -0.25) is 10.00 Å². The number of aromatic nitrogens is 2. The second kappa shape index (κ2) is 3.32. The summed E-state index contributed by atoms with van der Waals surface area (Å²) in [4.78, 5) is 13.3. The van der Waals surface area contributed by atoms with Crippen molar-refractivity contribution >= 4 is 11.7 Å². The molecule has 5 heteroatoms. The zero-order valence-corrected chi connectivity index (χ0v) is 8.42. The molecule has 1 aliphatic heterocycles. The molecule has 1 fully saturated rings. The van der Waals surface area contributed by atoms with Gasteiger partial charge in [0.25, 0.3) is 0 Å². The molecule has 0 unspecified atom stereocenters. The van der Waals surface area contributed by atoms with E-state index in [1.807, 2.05) is 13.8 Å². The van der Waals surface area contributed by atoms with Crippen LogP contribution < -0.4 is 10.2 Å². The van der Waals surface area contributed by atoms with E-state index in [4.69, 9.17) is 0 Å². The molecule has 1 aliphatic rings. The molecule has 2 rings (SSSR count). The van der Waals surface area contributed by atoms with Crippen molar-refractivity contribution in [1.29, 1.82) is 0 Å². The maximum Gasteiger partial charge on any atom is 0.321 e. The summed E-state index contributed by atoms with van der Waals surface area (Å²) in [6, 6.07) is -0.0242. The summed E-state index contributed by atoms with van der Waals surface area (Å²) in [7, 11) is 0. The minimum absolute atomic E-state index is 0.0242. The van der Waals surface area contributed by atoms with E-state index < -0.39 is 0 Å². The summed E-state index contributed by atoms with van der Waals surface area (Å²) < 4.78 is 0. The highest BCUT2D eigenvalue weighted by Gasteiger charge is 2.23. The van der Waals surface area contributed by atoms with Crippen molar-refractivity contribution in [2.45, 2.75) is 20.3 Å². The molecule has 0 aliphatic carbocycles. The van der Waals surface area contributed by atoms with Gasteiger partial charge in [-0.05, 0) is 20.3 Å². The Morgan fingerprint density at radius 2 is 2.21 bits per heavy atom. The molecule has 2 N–H and O–H groups in total. The molecular weight excluding hydrogens is 180 g/mol. The number of carbonyl (C=O) groups is 1. The van der Waals surface area contributed by atoms with Crippen LogP contribution in [0.4, 0.5) is 10.5 Å². The first kappa shape index (κ1) is 9.05. The number of rotatable bonds is 1. The van der Waals surface area contributed by atoms with Crippen molar-refractivity contribution in [1.82, 2.24) is 15.5 Å². The molecule has 0 saturated carbocycles.